The summed E-state index contributed by atoms with van der Waals surface area (Å²) in [6, 6.07) is 12.9. The van der Waals surface area contributed by atoms with Crippen LogP contribution in [0, 0.1) is 5.82 Å². The summed E-state index contributed by atoms with van der Waals surface area (Å²) in [5, 5.41) is 8.46. The van der Waals surface area contributed by atoms with Gasteiger partial charge in [-0.15, -0.1) is 0 Å². The Morgan fingerprint density at radius 3 is 2.12 bits per heavy atom. The minimum atomic E-state index is -0.621. The van der Waals surface area contributed by atoms with Gasteiger partial charge in [0.25, 0.3) is 11.8 Å². The first kappa shape index (κ1) is 19.1. The SMILES string of the molecule is CN(C)C(=O)/C(=C\c1ccc(/C=C/C(=O)NO)cc1)c1ccc(F)cc1. The number of nitrogens with zero attached hydrogens (tertiary/aromatic N) is 1. The molecule has 2 amide bonds. The highest BCUT2D eigenvalue weighted by atomic mass is 19.1. The molecule has 0 bridgehead atoms. The van der Waals surface area contributed by atoms with Crippen LogP contribution < -0.4 is 5.48 Å². The van der Waals surface area contributed by atoms with E-state index in [1.807, 2.05) is 0 Å². The van der Waals surface area contributed by atoms with Gasteiger partial charge < -0.3 is 4.90 Å². The molecule has 0 radical (unpaired) electrons. The van der Waals surface area contributed by atoms with Crippen molar-refractivity contribution in [2.75, 3.05) is 14.1 Å². The first-order chi connectivity index (χ1) is 12.4. The lowest BCUT2D eigenvalue weighted by Gasteiger charge is -2.14. The monoisotopic (exact) mass is 354 g/mol. The number of hydrogen-bond acceptors (Lipinski definition) is 3. The van der Waals surface area contributed by atoms with Gasteiger partial charge in [0.15, 0.2) is 0 Å². The summed E-state index contributed by atoms with van der Waals surface area (Å²) in [5.74, 6) is -1.18. The van der Waals surface area contributed by atoms with E-state index in [0.29, 0.717) is 11.1 Å². The molecule has 0 aliphatic carbocycles. The molecule has 0 fully saturated rings. The van der Waals surface area contributed by atoms with E-state index in [4.69, 9.17) is 5.21 Å². The smallest absolute Gasteiger partial charge is 0.267 e. The minimum Gasteiger partial charge on any atom is -0.345 e. The molecule has 0 aliphatic rings. The molecule has 0 aliphatic heterocycles. The van der Waals surface area contributed by atoms with Crippen molar-refractivity contribution in [2.24, 2.45) is 0 Å². The van der Waals surface area contributed by atoms with Crippen molar-refractivity contribution in [3.05, 3.63) is 77.1 Å². The number of benzene rings is 2. The molecule has 26 heavy (non-hydrogen) atoms. The number of carbonyl (C=O) groups is 2. The Balaban J connectivity index is 2.34. The van der Waals surface area contributed by atoms with Gasteiger partial charge in [0.1, 0.15) is 5.82 Å². The van der Waals surface area contributed by atoms with Crippen LogP contribution >= 0.6 is 0 Å². The topological polar surface area (TPSA) is 69.6 Å². The van der Waals surface area contributed by atoms with Gasteiger partial charge in [-0.2, -0.15) is 0 Å². The lowest BCUT2D eigenvalue weighted by atomic mass is 10.0. The zero-order valence-corrected chi connectivity index (χ0v) is 14.4. The zero-order chi connectivity index (χ0) is 19.1. The molecule has 0 unspecified atom stereocenters. The molecular weight excluding hydrogens is 335 g/mol. The largest absolute Gasteiger partial charge is 0.345 e. The Morgan fingerprint density at radius 2 is 1.58 bits per heavy atom. The number of nitrogens with one attached hydrogen (secondary N) is 1. The maximum absolute atomic E-state index is 13.2. The van der Waals surface area contributed by atoms with Crippen molar-refractivity contribution in [1.29, 1.82) is 0 Å². The Bertz CT molecular complexity index is 838. The first-order valence-corrected chi connectivity index (χ1v) is 7.82. The average molecular weight is 354 g/mol. The van der Waals surface area contributed by atoms with Crippen LogP contribution in [0.25, 0.3) is 17.7 Å². The van der Waals surface area contributed by atoms with Crippen LogP contribution in [0.15, 0.2) is 54.6 Å². The van der Waals surface area contributed by atoms with E-state index in [-0.39, 0.29) is 11.7 Å². The van der Waals surface area contributed by atoms with Gasteiger partial charge >= 0.3 is 0 Å². The van der Waals surface area contributed by atoms with Crippen LogP contribution in [0.1, 0.15) is 16.7 Å². The molecule has 0 aromatic heterocycles. The Labute approximate surface area is 151 Å². The zero-order valence-electron chi connectivity index (χ0n) is 14.4. The van der Waals surface area contributed by atoms with Crippen LogP contribution in [0.2, 0.25) is 0 Å². The van der Waals surface area contributed by atoms with Crippen molar-refractivity contribution in [3.8, 4) is 0 Å². The summed E-state index contributed by atoms with van der Waals surface area (Å²) in [4.78, 5) is 24.9. The number of carbonyl (C=O) groups excluding carboxylic acids is 2. The van der Waals surface area contributed by atoms with Crippen LogP contribution in [0.4, 0.5) is 4.39 Å². The summed E-state index contributed by atoms with van der Waals surface area (Å²) in [6.45, 7) is 0. The van der Waals surface area contributed by atoms with E-state index in [2.05, 4.69) is 0 Å². The highest BCUT2D eigenvalue weighted by molar-refractivity contribution is 6.24. The molecule has 2 aromatic carbocycles. The van der Waals surface area contributed by atoms with Crippen LogP contribution in [-0.4, -0.2) is 36.0 Å². The fourth-order valence-electron chi connectivity index (χ4n) is 2.22. The molecular formula is C20H19FN2O3. The average Bonchev–Trinajstić information content (AvgIpc) is 2.65. The van der Waals surface area contributed by atoms with E-state index in [0.717, 1.165) is 11.1 Å². The molecule has 0 saturated carbocycles. The summed E-state index contributed by atoms with van der Waals surface area (Å²) in [7, 11) is 3.31. The van der Waals surface area contributed by atoms with Gasteiger partial charge in [0, 0.05) is 25.7 Å². The second-order valence-electron chi connectivity index (χ2n) is 5.74. The second kappa shape index (κ2) is 8.73. The maximum atomic E-state index is 13.2. The molecule has 2 aromatic rings. The summed E-state index contributed by atoms with van der Waals surface area (Å²) >= 11 is 0. The quantitative estimate of drug-likeness (QED) is 0.375. The van der Waals surface area contributed by atoms with E-state index < -0.39 is 5.91 Å². The molecule has 0 spiro atoms. The van der Waals surface area contributed by atoms with Crippen molar-refractivity contribution in [2.45, 2.75) is 0 Å². The predicted molar refractivity (Wildman–Crippen MR) is 98.4 cm³/mol. The standard InChI is InChI=1S/C20H19FN2O3/c1-23(2)20(25)18(16-8-10-17(21)11-9-16)13-15-5-3-14(4-6-15)7-12-19(24)22-26/h3-13,26H,1-2H3,(H,22,24)/b12-7+,18-13-. The van der Waals surface area contributed by atoms with E-state index in [9.17, 15) is 14.0 Å². The van der Waals surface area contributed by atoms with Crippen LogP contribution in [0.5, 0.6) is 0 Å². The van der Waals surface area contributed by atoms with E-state index >= 15 is 0 Å². The fraction of sp³-hybridized carbons (Fsp3) is 0.100. The van der Waals surface area contributed by atoms with Gasteiger partial charge in [-0.3, -0.25) is 14.8 Å². The minimum absolute atomic E-state index is 0.194. The Hall–Kier alpha value is -3.25. The Kier molecular flexibility index (Phi) is 6.41. The third kappa shape index (κ3) is 5.12. The lowest BCUT2D eigenvalue weighted by Crippen LogP contribution is -2.22. The number of rotatable bonds is 5. The number of hydrogen-bond donors (Lipinski definition) is 2. The normalized spacial score (nSPS) is 11.5. The van der Waals surface area contributed by atoms with E-state index in [1.54, 1.807) is 62.6 Å². The number of amides is 2. The fourth-order valence-corrected chi connectivity index (χ4v) is 2.22. The molecule has 2 N–H and O–H groups in total. The van der Waals surface area contributed by atoms with Crippen LogP contribution in [-0.2, 0) is 9.59 Å². The summed E-state index contributed by atoms with van der Waals surface area (Å²) in [6.07, 6.45) is 4.47. The summed E-state index contributed by atoms with van der Waals surface area (Å²) in [5.41, 5.74) is 4.11. The highest BCUT2D eigenvalue weighted by Crippen LogP contribution is 2.21. The predicted octanol–water partition coefficient (Wildman–Crippen LogP) is 2.97. The van der Waals surface area contributed by atoms with Gasteiger partial charge in [0.05, 0.1) is 0 Å². The molecule has 5 nitrogen and oxygen atoms in total. The third-order valence-electron chi connectivity index (χ3n) is 3.58. The summed E-state index contributed by atoms with van der Waals surface area (Å²) < 4.78 is 13.2. The van der Waals surface area contributed by atoms with Crippen molar-refractivity contribution >= 4 is 29.5 Å². The molecule has 0 saturated heterocycles. The molecule has 0 atom stereocenters. The second-order valence-corrected chi connectivity index (χ2v) is 5.74. The number of halogens is 1. The lowest BCUT2D eigenvalue weighted by molar-refractivity contribution is -0.124. The molecule has 6 heteroatoms. The van der Waals surface area contributed by atoms with Gasteiger partial charge in [-0.05, 0) is 41.0 Å². The van der Waals surface area contributed by atoms with E-state index in [1.165, 1.54) is 28.6 Å². The molecule has 134 valence electrons. The third-order valence-corrected chi connectivity index (χ3v) is 3.58. The first-order valence-electron chi connectivity index (χ1n) is 7.82. The Morgan fingerprint density at radius 1 is 1.00 bits per heavy atom. The van der Waals surface area contributed by atoms with Gasteiger partial charge in [-0.25, -0.2) is 9.87 Å². The number of likely N-dealkylation sites (N-methyl/N-ethyl adjacent to an activating group) is 1. The van der Waals surface area contributed by atoms with Gasteiger partial charge in [0.2, 0.25) is 0 Å². The van der Waals surface area contributed by atoms with Crippen LogP contribution in [0.3, 0.4) is 0 Å². The molecule has 0 heterocycles. The van der Waals surface area contributed by atoms with Crippen molar-refractivity contribution in [3.63, 3.8) is 0 Å². The van der Waals surface area contributed by atoms with Crippen molar-refractivity contribution < 1.29 is 19.2 Å². The highest BCUT2D eigenvalue weighted by Gasteiger charge is 2.14. The van der Waals surface area contributed by atoms with Crippen molar-refractivity contribution in [1.82, 2.24) is 10.4 Å². The number of hydroxylamine groups is 1. The maximum Gasteiger partial charge on any atom is 0.267 e. The van der Waals surface area contributed by atoms with Gasteiger partial charge in [-0.1, -0.05) is 36.4 Å². The molecule has 2 rings (SSSR count).